The average Bonchev–Trinajstić information content (AvgIpc) is 2.28. The molecule has 8 heteroatoms. The molecule has 1 aliphatic heterocycles. The van der Waals surface area contributed by atoms with E-state index in [0.717, 1.165) is 0 Å². The number of rotatable bonds is 4. The van der Waals surface area contributed by atoms with Crippen LogP contribution >= 0.6 is 12.2 Å². The van der Waals surface area contributed by atoms with Crippen LogP contribution in [0.3, 0.4) is 0 Å². The molecule has 0 radical (unpaired) electrons. The maximum atomic E-state index is 12.2. The Morgan fingerprint density at radius 1 is 1.71 bits per heavy atom. The summed E-state index contributed by atoms with van der Waals surface area (Å²) in [5.41, 5.74) is 5.39. The van der Waals surface area contributed by atoms with Crippen molar-refractivity contribution in [1.82, 2.24) is 4.31 Å². The smallest absolute Gasteiger partial charge is 0.223 e. The minimum Gasteiger partial charge on any atom is -0.394 e. The number of thiocarbonyl (C=S) groups is 1. The fourth-order valence-electron chi connectivity index (χ4n) is 1.61. The van der Waals surface area contributed by atoms with E-state index in [0.29, 0.717) is 0 Å². The van der Waals surface area contributed by atoms with E-state index < -0.39 is 21.4 Å². The molecule has 0 bridgehead atoms. The molecule has 0 saturated carbocycles. The molecule has 1 saturated heterocycles. The van der Waals surface area contributed by atoms with Crippen LogP contribution < -0.4 is 5.73 Å². The standard InChI is InChI=1S/C9H18N2O4S2/c1-6-5-15-8(4-12)3-11(6)17(13,14)7(2)9(10)16/h6-8,12H,3-5H2,1-2H3,(H2,10,16). The van der Waals surface area contributed by atoms with E-state index in [1.807, 2.05) is 0 Å². The molecule has 3 N–H and O–H groups in total. The average molecular weight is 282 g/mol. The second kappa shape index (κ2) is 5.57. The van der Waals surface area contributed by atoms with Crippen molar-refractivity contribution >= 4 is 27.2 Å². The van der Waals surface area contributed by atoms with E-state index in [-0.39, 0.29) is 30.8 Å². The zero-order valence-corrected chi connectivity index (χ0v) is 11.5. The topological polar surface area (TPSA) is 92.9 Å². The first kappa shape index (κ1) is 14.8. The van der Waals surface area contributed by atoms with E-state index in [1.54, 1.807) is 6.92 Å². The van der Waals surface area contributed by atoms with Gasteiger partial charge in [0.05, 0.1) is 24.3 Å². The Hall–Kier alpha value is -0.280. The molecular weight excluding hydrogens is 264 g/mol. The number of morpholine rings is 1. The molecular formula is C9H18N2O4S2. The van der Waals surface area contributed by atoms with Gasteiger partial charge in [-0.15, -0.1) is 0 Å². The Kier molecular flexibility index (Phi) is 4.85. The Balaban J connectivity index is 2.92. The summed E-state index contributed by atoms with van der Waals surface area (Å²) < 4.78 is 31.0. The molecule has 0 aromatic heterocycles. The van der Waals surface area contributed by atoms with Crippen molar-refractivity contribution in [2.75, 3.05) is 19.8 Å². The summed E-state index contributed by atoms with van der Waals surface area (Å²) in [6.07, 6.45) is -0.487. The molecule has 17 heavy (non-hydrogen) atoms. The minimum atomic E-state index is -3.58. The lowest BCUT2D eigenvalue weighted by Crippen LogP contribution is -2.55. The number of aliphatic hydroxyl groups excluding tert-OH is 1. The van der Waals surface area contributed by atoms with Gasteiger partial charge >= 0.3 is 0 Å². The second-order valence-electron chi connectivity index (χ2n) is 4.15. The van der Waals surface area contributed by atoms with Gasteiger partial charge in [-0.3, -0.25) is 0 Å². The predicted molar refractivity (Wildman–Crippen MR) is 68.2 cm³/mol. The summed E-state index contributed by atoms with van der Waals surface area (Å²) in [5, 5.41) is 8.11. The lowest BCUT2D eigenvalue weighted by atomic mass is 10.2. The highest BCUT2D eigenvalue weighted by molar-refractivity contribution is 7.92. The molecule has 6 nitrogen and oxygen atoms in total. The third kappa shape index (κ3) is 3.14. The zero-order chi connectivity index (χ0) is 13.2. The Labute approximate surface area is 107 Å². The maximum Gasteiger partial charge on any atom is 0.223 e. The molecule has 1 fully saturated rings. The molecule has 1 aliphatic rings. The lowest BCUT2D eigenvalue weighted by Gasteiger charge is -2.37. The van der Waals surface area contributed by atoms with Crippen molar-refractivity contribution in [2.24, 2.45) is 5.73 Å². The summed E-state index contributed by atoms with van der Waals surface area (Å²) in [7, 11) is -3.58. The number of hydrogen-bond acceptors (Lipinski definition) is 5. The number of sulfonamides is 1. The largest absolute Gasteiger partial charge is 0.394 e. The quantitative estimate of drug-likeness (QED) is 0.647. The predicted octanol–water partition coefficient (Wildman–Crippen LogP) is -0.928. The fourth-order valence-corrected chi connectivity index (χ4v) is 3.61. The highest BCUT2D eigenvalue weighted by Crippen LogP contribution is 2.19. The van der Waals surface area contributed by atoms with Gasteiger partial charge in [-0.2, -0.15) is 4.31 Å². The van der Waals surface area contributed by atoms with E-state index >= 15 is 0 Å². The summed E-state index contributed by atoms with van der Waals surface area (Å²) in [6.45, 7) is 3.40. The highest BCUT2D eigenvalue weighted by Gasteiger charge is 2.38. The van der Waals surface area contributed by atoms with Crippen molar-refractivity contribution < 1.29 is 18.3 Å². The van der Waals surface area contributed by atoms with Crippen LogP contribution in [0, 0.1) is 0 Å². The van der Waals surface area contributed by atoms with Gasteiger partial charge in [-0.1, -0.05) is 12.2 Å². The summed E-state index contributed by atoms with van der Waals surface area (Å²) in [6, 6.07) is -0.278. The molecule has 3 unspecified atom stereocenters. The van der Waals surface area contributed by atoms with Crippen LogP contribution in [0.1, 0.15) is 13.8 Å². The molecule has 0 aromatic carbocycles. The van der Waals surface area contributed by atoms with Crippen LogP contribution in [-0.4, -0.2) is 60.0 Å². The van der Waals surface area contributed by atoms with Gasteiger partial charge in [-0.05, 0) is 13.8 Å². The molecule has 0 aromatic rings. The molecule has 0 aliphatic carbocycles. The van der Waals surface area contributed by atoms with Gasteiger partial charge in [0.2, 0.25) is 10.0 Å². The van der Waals surface area contributed by atoms with E-state index in [9.17, 15) is 8.42 Å². The van der Waals surface area contributed by atoms with E-state index in [4.69, 9.17) is 27.8 Å². The minimum absolute atomic E-state index is 0.0516. The Bertz CT molecular complexity index is 384. The third-order valence-corrected chi connectivity index (χ3v) is 5.64. The highest BCUT2D eigenvalue weighted by atomic mass is 32.2. The van der Waals surface area contributed by atoms with Gasteiger partial charge in [-0.25, -0.2) is 8.42 Å². The number of nitrogens with two attached hydrogens (primary N) is 1. The van der Waals surface area contributed by atoms with Crippen molar-refractivity contribution in [3.8, 4) is 0 Å². The molecule has 3 atom stereocenters. The Morgan fingerprint density at radius 2 is 2.29 bits per heavy atom. The van der Waals surface area contributed by atoms with Gasteiger partial charge in [0.25, 0.3) is 0 Å². The van der Waals surface area contributed by atoms with Crippen LogP contribution in [0.15, 0.2) is 0 Å². The first-order chi connectivity index (χ1) is 7.80. The van der Waals surface area contributed by atoms with Gasteiger partial charge < -0.3 is 15.6 Å². The number of ether oxygens (including phenoxy) is 1. The molecule has 100 valence electrons. The molecule has 0 amide bonds. The van der Waals surface area contributed by atoms with Crippen LogP contribution in [0.25, 0.3) is 0 Å². The van der Waals surface area contributed by atoms with Gasteiger partial charge in [0.1, 0.15) is 5.25 Å². The van der Waals surface area contributed by atoms with Gasteiger partial charge in [0.15, 0.2) is 0 Å². The van der Waals surface area contributed by atoms with Crippen LogP contribution in [0.4, 0.5) is 0 Å². The van der Waals surface area contributed by atoms with Crippen LogP contribution in [0.5, 0.6) is 0 Å². The second-order valence-corrected chi connectivity index (χ2v) is 6.82. The molecule has 0 spiro atoms. The third-order valence-electron chi connectivity index (χ3n) is 2.83. The molecule has 1 rings (SSSR count). The van der Waals surface area contributed by atoms with Crippen molar-refractivity contribution in [1.29, 1.82) is 0 Å². The zero-order valence-electron chi connectivity index (χ0n) is 9.87. The van der Waals surface area contributed by atoms with Gasteiger partial charge in [0, 0.05) is 12.6 Å². The van der Waals surface area contributed by atoms with Crippen molar-refractivity contribution in [3.05, 3.63) is 0 Å². The Morgan fingerprint density at radius 3 is 2.76 bits per heavy atom. The number of nitrogens with zero attached hydrogens (tertiary/aromatic N) is 1. The number of aliphatic hydroxyl groups is 1. The van der Waals surface area contributed by atoms with E-state index in [1.165, 1.54) is 11.2 Å². The first-order valence-corrected chi connectivity index (χ1v) is 7.24. The SMILES string of the molecule is CC1COC(CO)CN1S(=O)(=O)C(C)C(N)=S. The monoisotopic (exact) mass is 282 g/mol. The summed E-state index contributed by atoms with van der Waals surface area (Å²) >= 11 is 4.72. The number of hydrogen-bond donors (Lipinski definition) is 2. The fraction of sp³-hybridized carbons (Fsp3) is 0.889. The van der Waals surface area contributed by atoms with Crippen molar-refractivity contribution in [2.45, 2.75) is 31.2 Å². The molecule has 1 heterocycles. The lowest BCUT2D eigenvalue weighted by molar-refractivity contribution is -0.0516. The maximum absolute atomic E-state index is 12.2. The first-order valence-electron chi connectivity index (χ1n) is 5.33. The van der Waals surface area contributed by atoms with Crippen LogP contribution in [-0.2, 0) is 14.8 Å². The van der Waals surface area contributed by atoms with E-state index in [2.05, 4.69) is 0 Å². The normalized spacial score (nSPS) is 28.9. The summed E-state index contributed by atoms with van der Waals surface area (Å²) in [5.74, 6) is 0. The van der Waals surface area contributed by atoms with Crippen molar-refractivity contribution in [3.63, 3.8) is 0 Å². The van der Waals surface area contributed by atoms with Crippen LogP contribution in [0.2, 0.25) is 0 Å². The summed E-state index contributed by atoms with van der Waals surface area (Å²) in [4.78, 5) is -0.0516.